The summed E-state index contributed by atoms with van der Waals surface area (Å²) in [5, 5.41) is 0. The van der Waals surface area contributed by atoms with E-state index in [-0.39, 0.29) is 32.1 Å². The topological polar surface area (TPSA) is 60.0 Å². The van der Waals surface area contributed by atoms with Crippen LogP contribution in [0, 0.1) is 0 Å². The van der Waals surface area contributed by atoms with Crippen LogP contribution in [0.1, 0.15) is 24.8 Å². The zero-order valence-corrected chi connectivity index (χ0v) is 14.6. The van der Waals surface area contributed by atoms with Crippen LogP contribution in [0.2, 0.25) is 4.44 Å². The predicted molar refractivity (Wildman–Crippen MR) is 84.5 cm³/mol. The van der Waals surface area contributed by atoms with Crippen LogP contribution >= 0.6 is 0 Å². The summed E-state index contributed by atoms with van der Waals surface area (Å²) >= 11 is -0.278. The predicted octanol–water partition coefficient (Wildman–Crippen LogP) is 3.49. The van der Waals surface area contributed by atoms with Crippen molar-refractivity contribution in [1.29, 1.82) is 0 Å². The SMILES string of the molecule is [OH-].[OH-].c1ccc(CCCC[CH2][Sn+2][c]2ccccc2)cc1. The van der Waals surface area contributed by atoms with Crippen molar-refractivity contribution >= 4 is 24.7 Å². The Morgan fingerprint density at radius 1 is 0.650 bits per heavy atom. The van der Waals surface area contributed by atoms with Crippen LogP contribution in [-0.4, -0.2) is 32.1 Å². The molecule has 2 nitrogen and oxygen atoms in total. The molecule has 0 heterocycles. The van der Waals surface area contributed by atoms with Gasteiger partial charge in [0.25, 0.3) is 0 Å². The fourth-order valence-electron chi connectivity index (χ4n) is 2.06. The number of unbranched alkanes of at least 4 members (excludes halogenated alkanes) is 2. The summed E-state index contributed by atoms with van der Waals surface area (Å²) in [5.74, 6) is 0. The fourth-order valence-corrected chi connectivity index (χ4v) is 5.33. The first-order valence-electron chi connectivity index (χ1n) is 6.78. The molecule has 0 aliphatic rings. The van der Waals surface area contributed by atoms with Gasteiger partial charge in [-0.25, -0.2) is 0 Å². The first-order chi connectivity index (χ1) is 8.95. The van der Waals surface area contributed by atoms with Crippen molar-refractivity contribution in [3.8, 4) is 0 Å². The Hall–Kier alpha value is -0.841. The average Bonchev–Trinajstić information content (AvgIpc) is 2.45. The number of hydrogen-bond donors (Lipinski definition) is 0. The Balaban J connectivity index is 0.00000180. The van der Waals surface area contributed by atoms with E-state index in [0.717, 1.165) is 0 Å². The molecular weight excluding hydrogens is 355 g/mol. The van der Waals surface area contributed by atoms with Crippen molar-refractivity contribution in [3.63, 3.8) is 0 Å². The van der Waals surface area contributed by atoms with E-state index in [2.05, 4.69) is 60.7 Å². The van der Waals surface area contributed by atoms with Crippen LogP contribution < -0.4 is 3.58 Å². The first-order valence-corrected chi connectivity index (χ1v) is 10.2. The first kappa shape index (κ1) is 19.2. The molecule has 0 saturated carbocycles. The van der Waals surface area contributed by atoms with Crippen LogP contribution in [0.15, 0.2) is 60.7 Å². The van der Waals surface area contributed by atoms with E-state index in [0.29, 0.717) is 0 Å². The zero-order valence-electron chi connectivity index (χ0n) is 11.7. The Kier molecular flexibility index (Phi) is 11.4. The second-order valence-electron chi connectivity index (χ2n) is 4.59. The molecule has 0 saturated heterocycles. The average molecular weight is 377 g/mol. The molecule has 0 aromatic heterocycles. The number of hydrogen-bond acceptors (Lipinski definition) is 2. The maximum absolute atomic E-state index is 2.30. The Bertz CT molecular complexity index is 388. The number of aryl methyl sites for hydroxylation is 1. The minimum atomic E-state index is -0.278. The van der Waals surface area contributed by atoms with E-state index < -0.39 is 0 Å². The molecule has 0 aliphatic carbocycles. The van der Waals surface area contributed by atoms with Crippen molar-refractivity contribution in [1.82, 2.24) is 0 Å². The summed E-state index contributed by atoms with van der Waals surface area (Å²) in [5.41, 5.74) is 1.49. The van der Waals surface area contributed by atoms with Crippen LogP contribution in [0.25, 0.3) is 0 Å². The van der Waals surface area contributed by atoms with Gasteiger partial charge in [-0.2, -0.15) is 0 Å². The van der Waals surface area contributed by atoms with Gasteiger partial charge in [0.15, 0.2) is 0 Å². The third kappa shape index (κ3) is 7.68. The summed E-state index contributed by atoms with van der Waals surface area (Å²) < 4.78 is 3.13. The van der Waals surface area contributed by atoms with Crippen molar-refractivity contribution in [2.24, 2.45) is 0 Å². The Labute approximate surface area is 132 Å². The fraction of sp³-hybridized carbons (Fsp3) is 0.294. The van der Waals surface area contributed by atoms with Crippen LogP contribution in [-0.2, 0) is 6.42 Å². The van der Waals surface area contributed by atoms with Gasteiger partial charge in [0.05, 0.1) is 0 Å². The molecule has 0 fully saturated rings. The molecule has 0 unspecified atom stereocenters. The molecular formula is C17H22O2Sn. The maximum atomic E-state index is 2.30. The van der Waals surface area contributed by atoms with Crippen molar-refractivity contribution < 1.29 is 11.0 Å². The van der Waals surface area contributed by atoms with Gasteiger partial charge in [0.2, 0.25) is 0 Å². The number of benzene rings is 2. The molecule has 0 amide bonds. The Morgan fingerprint density at radius 2 is 1.25 bits per heavy atom. The molecule has 106 valence electrons. The normalized spacial score (nSPS) is 9.00. The van der Waals surface area contributed by atoms with Gasteiger partial charge in [0.1, 0.15) is 0 Å². The van der Waals surface area contributed by atoms with Crippen LogP contribution in [0.4, 0.5) is 0 Å². The summed E-state index contributed by atoms with van der Waals surface area (Å²) in [4.78, 5) is 0. The van der Waals surface area contributed by atoms with Gasteiger partial charge in [-0.3, -0.25) is 0 Å². The van der Waals surface area contributed by atoms with E-state index in [4.69, 9.17) is 0 Å². The quantitative estimate of drug-likeness (QED) is 0.548. The molecule has 0 spiro atoms. The number of rotatable bonds is 7. The van der Waals surface area contributed by atoms with Crippen molar-refractivity contribution in [2.45, 2.75) is 30.1 Å². The molecule has 0 atom stereocenters. The molecule has 2 rings (SSSR count). The third-order valence-electron chi connectivity index (χ3n) is 3.09. The molecule has 0 aliphatic heterocycles. The Morgan fingerprint density at radius 3 is 1.90 bits per heavy atom. The van der Waals surface area contributed by atoms with Gasteiger partial charge < -0.3 is 11.0 Å². The minimum absolute atomic E-state index is 0. The van der Waals surface area contributed by atoms with Crippen LogP contribution in [0.5, 0.6) is 0 Å². The molecule has 20 heavy (non-hydrogen) atoms. The molecule has 0 radical (unpaired) electrons. The second-order valence-corrected chi connectivity index (χ2v) is 8.67. The van der Waals surface area contributed by atoms with Crippen molar-refractivity contribution in [2.75, 3.05) is 0 Å². The second kappa shape index (κ2) is 11.9. The zero-order chi connectivity index (χ0) is 12.5. The van der Waals surface area contributed by atoms with E-state index in [1.165, 1.54) is 35.7 Å². The van der Waals surface area contributed by atoms with Crippen molar-refractivity contribution in [3.05, 3.63) is 66.2 Å². The summed E-state index contributed by atoms with van der Waals surface area (Å²) in [6.45, 7) is 0. The van der Waals surface area contributed by atoms with Crippen LogP contribution in [0.3, 0.4) is 0 Å². The summed E-state index contributed by atoms with van der Waals surface area (Å²) in [7, 11) is 0. The van der Waals surface area contributed by atoms with Gasteiger partial charge in [-0.1, -0.05) is 0 Å². The van der Waals surface area contributed by atoms with Gasteiger partial charge in [0, 0.05) is 0 Å². The van der Waals surface area contributed by atoms with E-state index in [9.17, 15) is 0 Å². The molecule has 3 heteroatoms. The monoisotopic (exact) mass is 378 g/mol. The van der Waals surface area contributed by atoms with Gasteiger partial charge in [-0.15, -0.1) is 0 Å². The molecule has 2 aromatic carbocycles. The molecule has 0 bridgehead atoms. The molecule has 2 N–H and O–H groups in total. The standard InChI is InChI=1S/C11H15.C6H5.2H2O.Sn/c1-2-3-5-8-11-9-6-4-7-10-11;1-2-4-6-5-3-1;;;/h4,6-7,9-10H,1-3,5,8H2;1-5H;2*1H2;/q;;;;+2/p-2. The van der Waals surface area contributed by atoms with Gasteiger partial charge >= 0.3 is 121 Å². The van der Waals surface area contributed by atoms with E-state index in [1.54, 1.807) is 3.58 Å². The van der Waals surface area contributed by atoms with E-state index in [1.807, 2.05) is 0 Å². The summed E-state index contributed by atoms with van der Waals surface area (Å²) in [6.07, 6.45) is 5.41. The van der Waals surface area contributed by atoms with Gasteiger partial charge in [-0.05, 0) is 0 Å². The van der Waals surface area contributed by atoms with E-state index >= 15 is 0 Å². The summed E-state index contributed by atoms with van der Waals surface area (Å²) in [6, 6.07) is 21.9. The third-order valence-corrected chi connectivity index (χ3v) is 6.93. The molecule has 2 aromatic rings.